The standard InChI is InChI=1S/C18H27N7O5/c1-18(2)29-12-10(6-19)28-16(13(12)30-18)24-8-20-11-14(24)22-17(21-7-23(3)4)25(9-27-5)15(11)26/h7-8,10,12-13,16H,6,9,19H2,1-5H3/b21-7+/t10-,12-,13-,16-/m1/s1. The van der Waals surface area contributed by atoms with E-state index in [9.17, 15) is 4.79 Å². The molecular formula is C18H27N7O5. The van der Waals surface area contributed by atoms with Gasteiger partial charge in [0.15, 0.2) is 23.2 Å². The molecule has 2 aliphatic rings. The number of imidazole rings is 1. The van der Waals surface area contributed by atoms with Crippen molar-refractivity contribution >= 4 is 23.5 Å². The van der Waals surface area contributed by atoms with Gasteiger partial charge in [-0.05, 0) is 13.8 Å². The Hall–Kier alpha value is -2.38. The minimum absolute atomic E-state index is 0.000247. The third-order valence-electron chi connectivity index (χ3n) is 4.96. The molecule has 0 spiro atoms. The van der Waals surface area contributed by atoms with Crippen molar-refractivity contribution in [3.63, 3.8) is 0 Å². The van der Waals surface area contributed by atoms with E-state index < -0.39 is 18.1 Å². The van der Waals surface area contributed by atoms with Crippen molar-refractivity contribution in [1.82, 2.24) is 24.0 Å². The molecule has 2 saturated heterocycles. The second-order valence-corrected chi connectivity index (χ2v) is 7.96. The fourth-order valence-electron chi connectivity index (χ4n) is 3.76. The third-order valence-corrected chi connectivity index (χ3v) is 4.96. The number of nitrogens with zero attached hydrogens (tertiary/aromatic N) is 6. The third kappa shape index (κ3) is 3.50. The maximum Gasteiger partial charge on any atom is 0.285 e. The van der Waals surface area contributed by atoms with E-state index >= 15 is 0 Å². The van der Waals surface area contributed by atoms with Gasteiger partial charge in [-0.25, -0.2) is 9.98 Å². The van der Waals surface area contributed by atoms with Crippen molar-refractivity contribution in [3.8, 4) is 0 Å². The molecule has 2 aliphatic heterocycles. The summed E-state index contributed by atoms with van der Waals surface area (Å²) in [6.45, 7) is 3.96. The molecule has 0 aromatic carbocycles. The highest BCUT2D eigenvalue weighted by atomic mass is 16.8. The van der Waals surface area contributed by atoms with Crippen LogP contribution in [0.1, 0.15) is 20.1 Å². The van der Waals surface area contributed by atoms with Crippen LogP contribution >= 0.6 is 0 Å². The molecule has 2 aromatic rings. The zero-order valence-corrected chi connectivity index (χ0v) is 17.7. The Labute approximate surface area is 173 Å². The lowest BCUT2D eigenvalue weighted by atomic mass is 10.1. The highest BCUT2D eigenvalue weighted by Crippen LogP contribution is 2.43. The number of hydrogen-bond acceptors (Lipinski definition) is 9. The maximum absolute atomic E-state index is 13.0. The first kappa shape index (κ1) is 20.9. The summed E-state index contributed by atoms with van der Waals surface area (Å²) in [5, 5.41) is 0. The summed E-state index contributed by atoms with van der Waals surface area (Å²) in [6.07, 6.45) is 1.40. The molecule has 4 rings (SSSR count). The van der Waals surface area contributed by atoms with Crippen LogP contribution in [0.5, 0.6) is 0 Å². The van der Waals surface area contributed by atoms with Crippen LogP contribution in [0.25, 0.3) is 11.2 Å². The van der Waals surface area contributed by atoms with E-state index in [4.69, 9.17) is 24.7 Å². The van der Waals surface area contributed by atoms with Gasteiger partial charge in [0.1, 0.15) is 25.0 Å². The fraction of sp³-hybridized carbons (Fsp3) is 0.667. The van der Waals surface area contributed by atoms with Gasteiger partial charge in [0.25, 0.3) is 5.56 Å². The van der Waals surface area contributed by atoms with E-state index in [-0.39, 0.29) is 42.5 Å². The second kappa shape index (κ2) is 7.71. The van der Waals surface area contributed by atoms with Crippen molar-refractivity contribution in [2.45, 2.75) is 50.9 Å². The smallest absolute Gasteiger partial charge is 0.285 e. The molecule has 12 nitrogen and oxygen atoms in total. The molecule has 0 bridgehead atoms. The van der Waals surface area contributed by atoms with E-state index in [0.29, 0.717) is 5.65 Å². The minimum Gasteiger partial charge on any atom is -0.369 e. The lowest BCUT2D eigenvalue weighted by Gasteiger charge is -2.24. The van der Waals surface area contributed by atoms with Crippen LogP contribution < -0.4 is 11.3 Å². The normalized spacial score (nSPS) is 27.9. The Morgan fingerprint density at radius 2 is 2.10 bits per heavy atom. The highest BCUT2D eigenvalue weighted by molar-refractivity contribution is 5.71. The lowest BCUT2D eigenvalue weighted by molar-refractivity contribution is -0.195. The van der Waals surface area contributed by atoms with Crippen molar-refractivity contribution in [1.29, 1.82) is 0 Å². The first-order valence-corrected chi connectivity index (χ1v) is 9.64. The molecule has 0 saturated carbocycles. The molecule has 0 radical (unpaired) electrons. The first-order chi connectivity index (χ1) is 14.3. The summed E-state index contributed by atoms with van der Waals surface area (Å²) >= 11 is 0. The van der Waals surface area contributed by atoms with Gasteiger partial charge in [0.2, 0.25) is 5.95 Å². The number of methoxy groups -OCH3 is 1. The molecule has 0 amide bonds. The van der Waals surface area contributed by atoms with Gasteiger partial charge in [-0.1, -0.05) is 0 Å². The SMILES string of the molecule is COCn1c(/N=C/N(C)C)nc2c(ncn2[C@@H]2O[C@H](CN)[C@H]3OC(C)(C)O[C@H]32)c1=O. The second-order valence-electron chi connectivity index (χ2n) is 7.96. The average Bonchev–Trinajstić information content (AvgIpc) is 3.33. The quantitative estimate of drug-likeness (QED) is 0.497. The van der Waals surface area contributed by atoms with Gasteiger partial charge >= 0.3 is 0 Å². The van der Waals surface area contributed by atoms with Crippen molar-refractivity contribution in [2.75, 3.05) is 27.7 Å². The molecule has 2 fully saturated rings. The van der Waals surface area contributed by atoms with Gasteiger partial charge in [0, 0.05) is 27.7 Å². The summed E-state index contributed by atoms with van der Waals surface area (Å²) < 4.78 is 26.3. The predicted octanol–water partition coefficient (Wildman–Crippen LogP) is -0.205. The van der Waals surface area contributed by atoms with E-state index in [2.05, 4.69) is 15.0 Å². The molecule has 4 heterocycles. The van der Waals surface area contributed by atoms with Crippen LogP contribution in [0.15, 0.2) is 16.1 Å². The number of aliphatic imine (C=N–C) groups is 1. The van der Waals surface area contributed by atoms with Crippen molar-refractivity contribution in [3.05, 3.63) is 16.7 Å². The van der Waals surface area contributed by atoms with Crippen LogP contribution in [-0.4, -0.2) is 82.2 Å². The molecule has 0 unspecified atom stereocenters. The molecule has 4 atom stereocenters. The Morgan fingerprint density at radius 3 is 2.77 bits per heavy atom. The molecule has 2 N–H and O–H groups in total. The number of nitrogens with two attached hydrogens (primary N) is 1. The molecule has 12 heteroatoms. The predicted molar refractivity (Wildman–Crippen MR) is 107 cm³/mol. The molecular weight excluding hydrogens is 394 g/mol. The van der Waals surface area contributed by atoms with E-state index in [1.165, 1.54) is 18.0 Å². The molecule has 164 valence electrons. The number of fused-ring (bicyclic) bond motifs is 2. The van der Waals surface area contributed by atoms with Crippen molar-refractivity contribution in [2.24, 2.45) is 10.7 Å². The monoisotopic (exact) mass is 421 g/mol. The molecule has 2 aromatic heterocycles. The first-order valence-electron chi connectivity index (χ1n) is 9.64. The number of hydrogen-bond donors (Lipinski definition) is 1. The van der Waals surface area contributed by atoms with Crippen LogP contribution in [-0.2, 0) is 25.7 Å². The van der Waals surface area contributed by atoms with Crippen molar-refractivity contribution < 1.29 is 18.9 Å². The Balaban J connectivity index is 1.82. The Morgan fingerprint density at radius 1 is 1.37 bits per heavy atom. The number of rotatable bonds is 6. The van der Waals surface area contributed by atoms with E-state index in [1.807, 2.05) is 27.9 Å². The lowest BCUT2D eigenvalue weighted by Crippen LogP contribution is -2.34. The van der Waals surface area contributed by atoms with Gasteiger partial charge < -0.3 is 29.6 Å². The molecule has 30 heavy (non-hydrogen) atoms. The Kier molecular flexibility index (Phi) is 5.36. The van der Waals surface area contributed by atoms with Crippen LogP contribution in [0.2, 0.25) is 0 Å². The molecule has 0 aliphatic carbocycles. The summed E-state index contributed by atoms with van der Waals surface area (Å²) in [5.41, 5.74) is 6.05. The highest BCUT2D eigenvalue weighted by Gasteiger charge is 2.55. The van der Waals surface area contributed by atoms with E-state index in [0.717, 1.165) is 0 Å². The van der Waals surface area contributed by atoms with E-state index in [1.54, 1.807) is 15.8 Å². The average molecular weight is 421 g/mol. The number of aromatic nitrogens is 4. The van der Waals surface area contributed by atoms with Crippen LogP contribution in [0.3, 0.4) is 0 Å². The largest absolute Gasteiger partial charge is 0.369 e. The van der Waals surface area contributed by atoms with Crippen LogP contribution in [0, 0.1) is 0 Å². The van der Waals surface area contributed by atoms with Gasteiger partial charge in [-0.15, -0.1) is 0 Å². The summed E-state index contributed by atoms with van der Waals surface area (Å²) in [4.78, 5) is 28.0. The summed E-state index contributed by atoms with van der Waals surface area (Å²) in [7, 11) is 5.14. The zero-order valence-electron chi connectivity index (χ0n) is 17.7. The summed E-state index contributed by atoms with van der Waals surface area (Å²) in [5.74, 6) is -0.570. The van der Waals surface area contributed by atoms with Gasteiger partial charge in [-0.3, -0.25) is 13.9 Å². The topological polar surface area (TPSA) is 131 Å². The number of ether oxygens (including phenoxy) is 4. The minimum atomic E-state index is -0.763. The maximum atomic E-state index is 13.0. The van der Waals surface area contributed by atoms with Gasteiger partial charge in [-0.2, -0.15) is 4.98 Å². The fourth-order valence-corrected chi connectivity index (χ4v) is 3.76. The Bertz CT molecular complexity index is 1010. The summed E-state index contributed by atoms with van der Waals surface area (Å²) in [6, 6.07) is 0. The van der Waals surface area contributed by atoms with Crippen LogP contribution in [0.4, 0.5) is 5.95 Å². The zero-order chi connectivity index (χ0) is 21.6. The van der Waals surface area contributed by atoms with Gasteiger partial charge in [0.05, 0.1) is 12.7 Å².